The average molecular weight is 157 g/mol. The molecule has 1 saturated heterocycles. The standard InChI is InChI=1S/C9H19NO/c1-8(2)6-10-5-4-9(3,11)7-10/h8,11H,4-7H2,1-3H3/t9-/m0/s1. The number of nitrogens with zero attached hydrogens (tertiary/aromatic N) is 1. The van der Waals surface area contributed by atoms with Gasteiger partial charge in [0.2, 0.25) is 0 Å². The summed E-state index contributed by atoms with van der Waals surface area (Å²) < 4.78 is 0. The third-order valence-electron chi connectivity index (χ3n) is 2.15. The molecule has 0 saturated carbocycles. The maximum atomic E-state index is 9.64. The molecule has 0 amide bonds. The van der Waals surface area contributed by atoms with Crippen LogP contribution in [0.5, 0.6) is 0 Å². The van der Waals surface area contributed by atoms with Crippen molar-refractivity contribution in [2.75, 3.05) is 19.6 Å². The quantitative estimate of drug-likeness (QED) is 0.649. The van der Waals surface area contributed by atoms with Gasteiger partial charge in [0.15, 0.2) is 0 Å². The van der Waals surface area contributed by atoms with Gasteiger partial charge in [0.25, 0.3) is 0 Å². The van der Waals surface area contributed by atoms with E-state index in [4.69, 9.17) is 0 Å². The van der Waals surface area contributed by atoms with E-state index in [-0.39, 0.29) is 0 Å². The predicted octanol–water partition coefficient (Wildman–Crippen LogP) is 1.10. The summed E-state index contributed by atoms with van der Waals surface area (Å²) in [4.78, 5) is 2.34. The van der Waals surface area contributed by atoms with E-state index in [0.29, 0.717) is 5.92 Å². The molecule has 0 bridgehead atoms. The van der Waals surface area contributed by atoms with E-state index in [2.05, 4.69) is 18.7 Å². The zero-order valence-electron chi connectivity index (χ0n) is 7.80. The molecule has 1 rings (SSSR count). The molecule has 2 heteroatoms. The van der Waals surface area contributed by atoms with Gasteiger partial charge in [-0.15, -0.1) is 0 Å². The van der Waals surface area contributed by atoms with E-state index in [1.807, 2.05) is 6.92 Å². The van der Waals surface area contributed by atoms with E-state index in [0.717, 1.165) is 26.1 Å². The van der Waals surface area contributed by atoms with Crippen LogP contribution in [0.25, 0.3) is 0 Å². The number of likely N-dealkylation sites (tertiary alicyclic amines) is 1. The summed E-state index contributed by atoms with van der Waals surface area (Å²) in [7, 11) is 0. The summed E-state index contributed by atoms with van der Waals surface area (Å²) in [6, 6.07) is 0. The minimum Gasteiger partial charge on any atom is -0.389 e. The molecular weight excluding hydrogens is 138 g/mol. The molecule has 66 valence electrons. The lowest BCUT2D eigenvalue weighted by Gasteiger charge is -2.20. The van der Waals surface area contributed by atoms with Crippen LogP contribution in [0.1, 0.15) is 27.2 Å². The van der Waals surface area contributed by atoms with Crippen molar-refractivity contribution in [3.63, 3.8) is 0 Å². The van der Waals surface area contributed by atoms with E-state index in [1.165, 1.54) is 0 Å². The fourth-order valence-corrected chi connectivity index (χ4v) is 1.71. The molecule has 0 radical (unpaired) electrons. The first-order chi connectivity index (χ1) is 4.99. The zero-order chi connectivity index (χ0) is 8.48. The molecule has 1 aliphatic rings. The Labute approximate surface area is 69.2 Å². The van der Waals surface area contributed by atoms with Crippen molar-refractivity contribution in [1.82, 2.24) is 4.90 Å². The second-order valence-electron chi connectivity index (χ2n) is 4.38. The monoisotopic (exact) mass is 157 g/mol. The van der Waals surface area contributed by atoms with Crippen LogP contribution < -0.4 is 0 Å². The van der Waals surface area contributed by atoms with Crippen LogP contribution in [0, 0.1) is 5.92 Å². The number of hydrogen-bond acceptors (Lipinski definition) is 2. The van der Waals surface area contributed by atoms with Gasteiger partial charge in [-0.3, -0.25) is 0 Å². The highest BCUT2D eigenvalue weighted by Crippen LogP contribution is 2.20. The molecule has 0 unspecified atom stereocenters. The fraction of sp³-hybridized carbons (Fsp3) is 1.00. The molecule has 0 aromatic heterocycles. The first-order valence-electron chi connectivity index (χ1n) is 4.44. The molecular formula is C9H19NO. The van der Waals surface area contributed by atoms with Crippen LogP contribution >= 0.6 is 0 Å². The lowest BCUT2D eigenvalue weighted by atomic mass is 10.1. The largest absolute Gasteiger partial charge is 0.389 e. The Bertz CT molecular complexity index is 132. The summed E-state index contributed by atoms with van der Waals surface area (Å²) >= 11 is 0. The van der Waals surface area contributed by atoms with Crippen molar-refractivity contribution in [2.24, 2.45) is 5.92 Å². The summed E-state index contributed by atoms with van der Waals surface area (Å²) in [5, 5.41) is 9.64. The molecule has 0 aromatic carbocycles. The van der Waals surface area contributed by atoms with Crippen LogP contribution in [0.15, 0.2) is 0 Å². The maximum Gasteiger partial charge on any atom is 0.0758 e. The normalized spacial score (nSPS) is 33.5. The van der Waals surface area contributed by atoms with E-state index in [9.17, 15) is 5.11 Å². The van der Waals surface area contributed by atoms with Gasteiger partial charge >= 0.3 is 0 Å². The van der Waals surface area contributed by atoms with Gasteiger partial charge in [0.05, 0.1) is 5.60 Å². The van der Waals surface area contributed by atoms with Gasteiger partial charge in [-0.2, -0.15) is 0 Å². The molecule has 2 nitrogen and oxygen atoms in total. The lowest BCUT2D eigenvalue weighted by molar-refractivity contribution is 0.0674. The molecule has 0 aliphatic carbocycles. The van der Waals surface area contributed by atoms with Crippen LogP contribution in [0.2, 0.25) is 0 Å². The molecule has 11 heavy (non-hydrogen) atoms. The Kier molecular flexibility index (Phi) is 2.55. The summed E-state index contributed by atoms with van der Waals surface area (Å²) in [5.41, 5.74) is -0.422. The van der Waals surface area contributed by atoms with Crippen molar-refractivity contribution >= 4 is 0 Å². The van der Waals surface area contributed by atoms with Gasteiger partial charge < -0.3 is 10.0 Å². The molecule has 1 aliphatic heterocycles. The van der Waals surface area contributed by atoms with E-state index < -0.39 is 5.60 Å². The highest BCUT2D eigenvalue weighted by Gasteiger charge is 2.30. The molecule has 0 spiro atoms. The van der Waals surface area contributed by atoms with Crippen LogP contribution in [0.4, 0.5) is 0 Å². The number of aliphatic hydroxyl groups is 1. The number of β-amino-alcohol motifs (C(OH)–C–C–N with tert-alkyl or cyclic N) is 1. The Morgan fingerprint density at radius 1 is 1.55 bits per heavy atom. The Morgan fingerprint density at radius 3 is 2.55 bits per heavy atom. The lowest BCUT2D eigenvalue weighted by Crippen LogP contribution is -2.31. The van der Waals surface area contributed by atoms with Crippen LogP contribution in [-0.2, 0) is 0 Å². The third-order valence-corrected chi connectivity index (χ3v) is 2.15. The average Bonchev–Trinajstić information content (AvgIpc) is 2.08. The predicted molar refractivity (Wildman–Crippen MR) is 46.5 cm³/mol. The van der Waals surface area contributed by atoms with Crippen molar-refractivity contribution in [3.05, 3.63) is 0 Å². The van der Waals surface area contributed by atoms with Gasteiger partial charge in [-0.25, -0.2) is 0 Å². The van der Waals surface area contributed by atoms with Gasteiger partial charge in [0, 0.05) is 19.6 Å². The highest BCUT2D eigenvalue weighted by molar-refractivity contribution is 4.85. The maximum absolute atomic E-state index is 9.64. The molecule has 1 N–H and O–H groups in total. The van der Waals surface area contributed by atoms with Crippen LogP contribution in [0.3, 0.4) is 0 Å². The minimum absolute atomic E-state index is 0.422. The van der Waals surface area contributed by atoms with E-state index in [1.54, 1.807) is 0 Å². The molecule has 1 fully saturated rings. The smallest absolute Gasteiger partial charge is 0.0758 e. The molecule has 1 atom stereocenters. The van der Waals surface area contributed by atoms with Crippen LogP contribution in [-0.4, -0.2) is 35.2 Å². The van der Waals surface area contributed by atoms with E-state index >= 15 is 0 Å². The van der Waals surface area contributed by atoms with Gasteiger partial charge in [-0.1, -0.05) is 13.8 Å². The topological polar surface area (TPSA) is 23.5 Å². The van der Waals surface area contributed by atoms with Crippen molar-refractivity contribution in [3.8, 4) is 0 Å². The fourth-order valence-electron chi connectivity index (χ4n) is 1.71. The number of hydrogen-bond donors (Lipinski definition) is 1. The second kappa shape index (κ2) is 3.11. The SMILES string of the molecule is CC(C)CN1CC[C@](C)(O)C1. The van der Waals surface area contributed by atoms with Crippen molar-refractivity contribution in [1.29, 1.82) is 0 Å². The zero-order valence-corrected chi connectivity index (χ0v) is 7.80. The summed E-state index contributed by atoms with van der Waals surface area (Å²) in [6.07, 6.45) is 0.930. The minimum atomic E-state index is -0.422. The first kappa shape index (κ1) is 9.01. The summed E-state index contributed by atoms with van der Waals surface area (Å²) in [5.74, 6) is 0.712. The van der Waals surface area contributed by atoms with Crippen molar-refractivity contribution < 1.29 is 5.11 Å². The second-order valence-corrected chi connectivity index (χ2v) is 4.38. The summed E-state index contributed by atoms with van der Waals surface area (Å²) in [6.45, 7) is 9.39. The Morgan fingerprint density at radius 2 is 2.18 bits per heavy atom. The van der Waals surface area contributed by atoms with Crippen molar-refractivity contribution in [2.45, 2.75) is 32.8 Å². The third kappa shape index (κ3) is 2.80. The first-order valence-corrected chi connectivity index (χ1v) is 4.44. The molecule has 0 aromatic rings. The molecule has 1 heterocycles. The number of rotatable bonds is 2. The van der Waals surface area contributed by atoms with Gasteiger partial charge in [-0.05, 0) is 19.3 Å². The Balaban J connectivity index is 2.31. The highest BCUT2D eigenvalue weighted by atomic mass is 16.3. The Hall–Kier alpha value is -0.0800. The van der Waals surface area contributed by atoms with Gasteiger partial charge in [0.1, 0.15) is 0 Å².